The third-order valence-electron chi connectivity index (χ3n) is 2.34. The highest BCUT2D eigenvalue weighted by Gasteiger charge is 2.08. The Kier molecular flexibility index (Phi) is 4.21. The van der Waals surface area contributed by atoms with Crippen molar-refractivity contribution in [1.82, 2.24) is 0 Å². The number of carbonyl (C=O) groups excluding carboxylic acids is 1. The van der Waals surface area contributed by atoms with E-state index in [1.54, 1.807) is 24.3 Å². The van der Waals surface area contributed by atoms with E-state index in [-0.39, 0.29) is 0 Å². The molecule has 0 atom stereocenters. The third-order valence-corrected chi connectivity index (χ3v) is 3.60. The first-order valence-electron chi connectivity index (χ1n) is 5.19. The van der Waals surface area contributed by atoms with E-state index in [4.69, 9.17) is 10.5 Å². The Morgan fingerprint density at radius 2 is 1.84 bits per heavy atom. The summed E-state index contributed by atoms with van der Waals surface area (Å²) >= 11 is 6.33. The number of rotatable bonds is 3. The molecule has 2 aromatic rings. The van der Waals surface area contributed by atoms with Gasteiger partial charge in [0.15, 0.2) is 0 Å². The van der Waals surface area contributed by atoms with Crippen molar-refractivity contribution in [2.75, 3.05) is 0 Å². The maximum absolute atomic E-state index is 13.4. The Morgan fingerprint density at radius 1 is 1.11 bits per heavy atom. The summed E-state index contributed by atoms with van der Waals surface area (Å²) in [6, 6.07) is 9.12. The topological polar surface area (TPSA) is 52.3 Å². The van der Waals surface area contributed by atoms with Crippen molar-refractivity contribution in [3.05, 3.63) is 56.7 Å². The predicted octanol–water partition coefficient (Wildman–Crippen LogP) is 4.24. The Hall–Kier alpha value is -1.40. The lowest BCUT2D eigenvalue weighted by Gasteiger charge is -2.09. The Balaban J connectivity index is 2.28. The fraction of sp³-hybridized carbons (Fsp3) is 0. The summed E-state index contributed by atoms with van der Waals surface area (Å²) in [5, 5.41) is 0. The molecule has 0 aliphatic rings. The van der Waals surface area contributed by atoms with Gasteiger partial charge in [-0.1, -0.05) is 0 Å². The molecular weight excluding hydrogens is 381 g/mol. The smallest absolute Gasteiger partial charge is 0.248 e. The zero-order valence-corrected chi connectivity index (χ0v) is 12.7. The van der Waals surface area contributed by atoms with Gasteiger partial charge >= 0.3 is 0 Å². The molecule has 0 unspecified atom stereocenters. The maximum Gasteiger partial charge on any atom is 0.248 e. The first kappa shape index (κ1) is 14.0. The van der Waals surface area contributed by atoms with Gasteiger partial charge in [0, 0.05) is 11.6 Å². The van der Waals surface area contributed by atoms with Crippen LogP contribution in [0.5, 0.6) is 11.5 Å². The molecule has 6 heteroatoms. The summed E-state index contributed by atoms with van der Waals surface area (Å²) in [5.74, 6) is -0.121. The highest BCUT2D eigenvalue weighted by Crippen LogP contribution is 2.31. The van der Waals surface area contributed by atoms with Crippen molar-refractivity contribution < 1.29 is 13.9 Å². The SMILES string of the molecule is NC(=O)c1ccc(Oc2ccc(Br)c(F)c2)c(Br)c1. The predicted molar refractivity (Wildman–Crippen MR) is 76.8 cm³/mol. The van der Waals surface area contributed by atoms with Crippen molar-refractivity contribution in [3.63, 3.8) is 0 Å². The lowest BCUT2D eigenvalue weighted by Crippen LogP contribution is -2.10. The molecule has 0 spiro atoms. The van der Waals surface area contributed by atoms with Crippen LogP contribution in [-0.4, -0.2) is 5.91 Å². The fourth-order valence-corrected chi connectivity index (χ4v) is 2.11. The van der Waals surface area contributed by atoms with Gasteiger partial charge in [0.1, 0.15) is 17.3 Å². The van der Waals surface area contributed by atoms with Crippen LogP contribution < -0.4 is 10.5 Å². The Labute approximate surface area is 125 Å². The van der Waals surface area contributed by atoms with Crippen LogP contribution in [0.4, 0.5) is 4.39 Å². The number of primary amides is 1. The minimum atomic E-state index is -0.526. The molecule has 0 aliphatic carbocycles. The fourth-order valence-electron chi connectivity index (χ4n) is 1.40. The molecule has 0 fully saturated rings. The number of amides is 1. The number of hydrogen-bond acceptors (Lipinski definition) is 2. The monoisotopic (exact) mass is 387 g/mol. The second-order valence-electron chi connectivity index (χ2n) is 3.69. The number of carbonyl (C=O) groups is 1. The third kappa shape index (κ3) is 3.33. The van der Waals surface area contributed by atoms with Crippen LogP contribution >= 0.6 is 31.9 Å². The van der Waals surface area contributed by atoms with Gasteiger partial charge < -0.3 is 10.5 Å². The minimum Gasteiger partial charge on any atom is -0.456 e. The van der Waals surface area contributed by atoms with Crippen LogP contribution in [0, 0.1) is 5.82 Å². The molecule has 0 aromatic heterocycles. The molecule has 0 radical (unpaired) electrons. The van der Waals surface area contributed by atoms with Crippen LogP contribution in [0.3, 0.4) is 0 Å². The van der Waals surface area contributed by atoms with Crippen molar-refractivity contribution in [2.45, 2.75) is 0 Å². The number of nitrogens with two attached hydrogens (primary N) is 1. The Bertz CT molecular complexity index is 647. The van der Waals surface area contributed by atoms with Crippen molar-refractivity contribution in [1.29, 1.82) is 0 Å². The molecule has 2 N–H and O–H groups in total. The van der Waals surface area contributed by atoms with Gasteiger partial charge in [-0.3, -0.25) is 4.79 Å². The summed E-state index contributed by atoms with van der Waals surface area (Å²) < 4.78 is 19.8. The lowest BCUT2D eigenvalue weighted by atomic mass is 10.2. The molecule has 2 aromatic carbocycles. The van der Waals surface area contributed by atoms with Crippen molar-refractivity contribution in [3.8, 4) is 11.5 Å². The summed E-state index contributed by atoms with van der Waals surface area (Å²) in [6.45, 7) is 0. The Morgan fingerprint density at radius 3 is 2.42 bits per heavy atom. The molecule has 0 aliphatic heterocycles. The average Bonchev–Trinajstić information content (AvgIpc) is 2.36. The average molecular weight is 389 g/mol. The van der Waals surface area contributed by atoms with Gasteiger partial charge in [0.25, 0.3) is 0 Å². The highest BCUT2D eigenvalue weighted by molar-refractivity contribution is 9.10. The summed E-state index contributed by atoms with van der Waals surface area (Å²) in [6.07, 6.45) is 0. The van der Waals surface area contributed by atoms with Crippen LogP contribution in [-0.2, 0) is 0 Å². The van der Waals surface area contributed by atoms with Crippen LogP contribution in [0.1, 0.15) is 10.4 Å². The number of hydrogen-bond donors (Lipinski definition) is 1. The second kappa shape index (κ2) is 5.71. The molecule has 2 rings (SSSR count). The van der Waals surface area contributed by atoms with Gasteiger partial charge in [0.05, 0.1) is 8.95 Å². The molecule has 0 saturated carbocycles. The number of benzene rings is 2. The lowest BCUT2D eigenvalue weighted by molar-refractivity contribution is 0.1000. The zero-order valence-electron chi connectivity index (χ0n) is 9.49. The zero-order chi connectivity index (χ0) is 14.0. The molecular formula is C13H8Br2FNO2. The van der Waals surface area contributed by atoms with Gasteiger partial charge in [-0.2, -0.15) is 0 Å². The van der Waals surface area contributed by atoms with Gasteiger partial charge in [-0.25, -0.2) is 4.39 Å². The standard InChI is InChI=1S/C13H8Br2FNO2/c14-9-3-2-8(6-11(9)16)19-12-4-1-7(13(17)18)5-10(12)15/h1-6H,(H2,17,18). The van der Waals surface area contributed by atoms with Crippen molar-refractivity contribution in [2.24, 2.45) is 5.73 Å². The van der Waals surface area contributed by atoms with E-state index in [9.17, 15) is 9.18 Å². The molecule has 0 heterocycles. The van der Waals surface area contributed by atoms with Crippen LogP contribution in [0.2, 0.25) is 0 Å². The van der Waals surface area contributed by atoms with Crippen molar-refractivity contribution >= 4 is 37.8 Å². The van der Waals surface area contributed by atoms with E-state index < -0.39 is 11.7 Å². The van der Waals surface area contributed by atoms with E-state index in [1.165, 1.54) is 12.1 Å². The molecule has 19 heavy (non-hydrogen) atoms. The van der Waals surface area contributed by atoms with Gasteiger partial charge in [-0.05, 0) is 62.2 Å². The molecule has 1 amide bonds. The van der Waals surface area contributed by atoms with Gasteiger partial charge in [-0.15, -0.1) is 0 Å². The largest absolute Gasteiger partial charge is 0.456 e. The van der Waals surface area contributed by atoms with E-state index >= 15 is 0 Å². The molecule has 98 valence electrons. The number of halogens is 3. The first-order chi connectivity index (χ1) is 8.97. The van der Waals surface area contributed by atoms with Gasteiger partial charge in [0.2, 0.25) is 5.91 Å². The summed E-state index contributed by atoms with van der Waals surface area (Å²) in [7, 11) is 0. The molecule has 0 bridgehead atoms. The molecule has 0 saturated heterocycles. The normalized spacial score (nSPS) is 10.3. The van der Waals surface area contributed by atoms with Crippen LogP contribution in [0.25, 0.3) is 0 Å². The van der Waals surface area contributed by atoms with E-state index in [2.05, 4.69) is 31.9 Å². The summed E-state index contributed by atoms with van der Waals surface area (Å²) in [4.78, 5) is 11.0. The molecule has 3 nitrogen and oxygen atoms in total. The minimum absolute atomic E-state index is 0.355. The van der Waals surface area contributed by atoms with E-state index in [0.29, 0.717) is 26.0 Å². The second-order valence-corrected chi connectivity index (χ2v) is 5.40. The number of ether oxygens (including phenoxy) is 1. The highest BCUT2D eigenvalue weighted by atomic mass is 79.9. The maximum atomic E-state index is 13.4. The van der Waals surface area contributed by atoms with Crippen LogP contribution in [0.15, 0.2) is 45.3 Å². The quantitative estimate of drug-likeness (QED) is 0.854. The summed E-state index contributed by atoms with van der Waals surface area (Å²) in [5.41, 5.74) is 5.53. The first-order valence-corrected chi connectivity index (χ1v) is 6.78. The van der Waals surface area contributed by atoms with E-state index in [1.807, 2.05) is 0 Å². The van der Waals surface area contributed by atoms with E-state index in [0.717, 1.165) is 0 Å².